The molecule has 1 aromatic rings. The van der Waals surface area contributed by atoms with Crippen LogP contribution in [0.2, 0.25) is 5.02 Å². The van der Waals surface area contributed by atoms with E-state index < -0.39 is 5.54 Å². The van der Waals surface area contributed by atoms with Crippen molar-refractivity contribution in [2.75, 3.05) is 7.05 Å². The molecule has 0 saturated heterocycles. The second-order valence-electron chi connectivity index (χ2n) is 5.27. The molecular formula is C14H21ClN2O. The maximum atomic E-state index is 12.0. The summed E-state index contributed by atoms with van der Waals surface area (Å²) in [5.41, 5.74) is 0.533. The molecular weight excluding hydrogens is 248 g/mol. The average Bonchev–Trinajstić information content (AvgIpc) is 2.27. The molecule has 0 aliphatic heterocycles. The molecule has 1 rings (SSSR count). The van der Waals surface area contributed by atoms with E-state index in [-0.39, 0.29) is 12.1 Å². The summed E-state index contributed by atoms with van der Waals surface area (Å²) in [5, 5.41) is 3.68. The van der Waals surface area contributed by atoms with Crippen LogP contribution in [-0.2, 0) is 5.54 Å². The topological polar surface area (TPSA) is 32.3 Å². The molecule has 2 amide bonds. The van der Waals surface area contributed by atoms with Gasteiger partial charge in [0.15, 0.2) is 0 Å². The van der Waals surface area contributed by atoms with Crippen molar-refractivity contribution < 1.29 is 4.79 Å². The molecule has 0 bridgehead atoms. The zero-order chi connectivity index (χ0) is 13.9. The average molecular weight is 269 g/mol. The Morgan fingerprint density at radius 3 is 2.50 bits per heavy atom. The molecule has 0 aliphatic rings. The molecule has 1 N–H and O–H groups in total. The number of rotatable bonds is 3. The van der Waals surface area contributed by atoms with Crippen LogP contribution < -0.4 is 5.32 Å². The van der Waals surface area contributed by atoms with E-state index in [9.17, 15) is 4.79 Å². The van der Waals surface area contributed by atoms with Crippen molar-refractivity contribution in [2.24, 2.45) is 0 Å². The Labute approximate surface area is 114 Å². The maximum Gasteiger partial charge on any atom is 0.318 e. The molecule has 0 spiro atoms. The van der Waals surface area contributed by atoms with Crippen molar-refractivity contribution in [3.05, 3.63) is 34.9 Å². The highest BCUT2D eigenvalue weighted by Crippen LogP contribution is 2.23. The van der Waals surface area contributed by atoms with Crippen molar-refractivity contribution in [3.8, 4) is 0 Å². The number of nitrogens with one attached hydrogen (secondary N) is 1. The molecule has 0 radical (unpaired) electrons. The van der Waals surface area contributed by atoms with Crippen LogP contribution in [0.15, 0.2) is 24.3 Å². The summed E-state index contributed by atoms with van der Waals surface area (Å²) < 4.78 is 0. The predicted octanol–water partition coefficient (Wildman–Crippen LogP) is 3.62. The van der Waals surface area contributed by atoms with Gasteiger partial charge in [0, 0.05) is 18.1 Å². The molecule has 0 fully saturated rings. The zero-order valence-corrected chi connectivity index (χ0v) is 12.4. The van der Waals surface area contributed by atoms with E-state index in [2.05, 4.69) is 5.32 Å². The maximum absolute atomic E-state index is 12.0. The summed E-state index contributed by atoms with van der Waals surface area (Å²) in [6.45, 7) is 7.88. The Balaban J connectivity index is 2.85. The van der Waals surface area contributed by atoms with Gasteiger partial charge in [0.25, 0.3) is 0 Å². The van der Waals surface area contributed by atoms with Gasteiger partial charge in [-0.3, -0.25) is 0 Å². The number of carbonyl (C=O) groups is 1. The van der Waals surface area contributed by atoms with E-state index in [0.717, 1.165) is 5.56 Å². The summed E-state index contributed by atoms with van der Waals surface area (Å²) >= 11 is 5.98. The van der Waals surface area contributed by atoms with Crippen molar-refractivity contribution >= 4 is 17.6 Å². The second kappa shape index (κ2) is 5.61. The molecule has 4 heteroatoms. The standard InChI is InChI=1S/C14H21ClN2O/c1-10(2)17(5)13(18)16-14(3,4)11-7-6-8-12(15)9-11/h6-10H,1-5H3,(H,16,18). The Bertz CT molecular complexity index is 430. The number of carbonyl (C=O) groups excluding carboxylic acids is 1. The van der Waals surface area contributed by atoms with Gasteiger partial charge in [0.1, 0.15) is 0 Å². The minimum Gasteiger partial charge on any atom is -0.329 e. The van der Waals surface area contributed by atoms with Crippen molar-refractivity contribution in [1.82, 2.24) is 10.2 Å². The molecule has 0 atom stereocenters. The first-order valence-corrected chi connectivity index (χ1v) is 6.43. The Kier molecular flexibility index (Phi) is 4.63. The zero-order valence-electron chi connectivity index (χ0n) is 11.6. The summed E-state index contributed by atoms with van der Waals surface area (Å²) in [6, 6.07) is 7.62. The van der Waals surface area contributed by atoms with Gasteiger partial charge in [-0.1, -0.05) is 23.7 Å². The summed E-state index contributed by atoms with van der Waals surface area (Å²) in [6.07, 6.45) is 0. The first-order chi connectivity index (χ1) is 8.24. The van der Waals surface area contributed by atoms with E-state index in [4.69, 9.17) is 11.6 Å². The number of amides is 2. The Morgan fingerprint density at radius 1 is 1.39 bits per heavy atom. The third-order valence-corrected chi connectivity index (χ3v) is 3.30. The number of hydrogen-bond acceptors (Lipinski definition) is 1. The van der Waals surface area contributed by atoms with E-state index >= 15 is 0 Å². The van der Waals surface area contributed by atoms with Crippen molar-refractivity contribution in [1.29, 1.82) is 0 Å². The normalized spacial score (nSPS) is 11.5. The summed E-state index contributed by atoms with van der Waals surface area (Å²) in [7, 11) is 1.79. The van der Waals surface area contributed by atoms with Gasteiger partial charge in [-0.25, -0.2) is 4.79 Å². The van der Waals surface area contributed by atoms with Crippen molar-refractivity contribution in [2.45, 2.75) is 39.3 Å². The fourth-order valence-electron chi connectivity index (χ4n) is 1.54. The molecule has 0 saturated carbocycles. The number of nitrogens with zero attached hydrogens (tertiary/aromatic N) is 1. The molecule has 0 aromatic heterocycles. The van der Waals surface area contributed by atoms with Crippen LogP contribution in [0.25, 0.3) is 0 Å². The van der Waals surface area contributed by atoms with E-state index in [1.54, 1.807) is 11.9 Å². The molecule has 1 aromatic carbocycles. The van der Waals surface area contributed by atoms with Gasteiger partial charge in [0.05, 0.1) is 5.54 Å². The van der Waals surface area contributed by atoms with Gasteiger partial charge in [-0.2, -0.15) is 0 Å². The van der Waals surface area contributed by atoms with Gasteiger partial charge >= 0.3 is 6.03 Å². The minimum absolute atomic E-state index is 0.0880. The minimum atomic E-state index is -0.453. The Morgan fingerprint density at radius 2 is 2.00 bits per heavy atom. The highest BCUT2D eigenvalue weighted by atomic mass is 35.5. The van der Waals surface area contributed by atoms with Crippen LogP contribution in [0.5, 0.6) is 0 Å². The van der Waals surface area contributed by atoms with Gasteiger partial charge in [0.2, 0.25) is 0 Å². The summed E-state index contributed by atoms with van der Waals surface area (Å²) in [4.78, 5) is 13.7. The lowest BCUT2D eigenvalue weighted by atomic mass is 9.94. The fourth-order valence-corrected chi connectivity index (χ4v) is 1.73. The van der Waals surface area contributed by atoms with Crippen LogP contribution in [0, 0.1) is 0 Å². The van der Waals surface area contributed by atoms with Gasteiger partial charge in [-0.15, -0.1) is 0 Å². The van der Waals surface area contributed by atoms with Crippen LogP contribution in [-0.4, -0.2) is 24.0 Å². The van der Waals surface area contributed by atoms with Crippen LogP contribution in [0.1, 0.15) is 33.3 Å². The first kappa shape index (κ1) is 14.8. The Hall–Kier alpha value is -1.22. The molecule has 18 heavy (non-hydrogen) atoms. The van der Waals surface area contributed by atoms with Crippen LogP contribution in [0.3, 0.4) is 0 Å². The second-order valence-corrected chi connectivity index (χ2v) is 5.71. The lowest BCUT2D eigenvalue weighted by Gasteiger charge is -2.31. The fraction of sp³-hybridized carbons (Fsp3) is 0.500. The molecule has 0 unspecified atom stereocenters. The van der Waals surface area contributed by atoms with E-state index in [1.807, 2.05) is 52.0 Å². The quantitative estimate of drug-likeness (QED) is 0.892. The highest BCUT2D eigenvalue weighted by Gasteiger charge is 2.25. The van der Waals surface area contributed by atoms with Crippen molar-refractivity contribution in [3.63, 3.8) is 0 Å². The monoisotopic (exact) mass is 268 g/mol. The van der Waals surface area contributed by atoms with Crippen LogP contribution >= 0.6 is 11.6 Å². The molecule has 0 aliphatic carbocycles. The largest absolute Gasteiger partial charge is 0.329 e. The first-order valence-electron chi connectivity index (χ1n) is 6.05. The van der Waals surface area contributed by atoms with Gasteiger partial charge in [-0.05, 0) is 45.4 Å². The third-order valence-electron chi connectivity index (χ3n) is 3.06. The van der Waals surface area contributed by atoms with E-state index in [0.29, 0.717) is 5.02 Å². The SMILES string of the molecule is CC(C)N(C)C(=O)NC(C)(C)c1cccc(Cl)c1. The summed E-state index contributed by atoms with van der Waals surface area (Å²) in [5.74, 6) is 0. The third kappa shape index (κ3) is 3.64. The number of hydrogen-bond donors (Lipinski definition) is 1. The molecule has 100 valence electrons. The van der Waals surface area contributed by atoms with Gasteiger partial charge < -0.3 is 10.2 Å². The lowest BCUT2D eigenvalue weighted by molar-refractivity contribution is 0.186. The number of urea groups is 1. The van der Waals surface area contributed by atoms with Crippen LogP contribution in [0.4, 0.5) is 4.79 Å². The predicted molar refractivity (Wildman–Crippen MR) is 75.9 cm³/mol. The smallest absolute Gasteiger partial charge is 0.318 e. The number of benzene rings is 1. The lowest BCUT2D eigenvalue weighted by Crippen LogP contribution is -2.49. The van der Waals surface area contributed by atoms with E-state index in [1.165, 1.54) is 0 Å². The number of halogens is 1. The molecule has 3 nitrogen and oxygen atoms in total. The molecule has 0 heterocycles. The highest BCUT2D eigenvalue weighted by molar-refractivity contribution is 6.30.